The Labute approximate surface area is 133 Å². The third-order valence-electron chi connectivity index (χ3n) is 4.34. The normalized spacial score (nSPS) is 20.3. The molecule has 2 aromatic rings. The molecule has 1 unspecified atom stereocenters. The maximum Gasteiger partial charge on any atom is 0.253 e. The van der Waals surface area contributed by atoms with Crippen molar-refractivity contribution in [2.24, 2.45) is 0 Å². The number of ketones is 1. The molecule has 116 valence electrons. The van der Waals surface area contributed by atoms with E-state index in [9.17, 15) is 9.90 Å². The number of carbonyl (C=O) groups excluding carboxylic acids is 1. The maximum atomic E-state index is 12.6. The Morgan fingerprint density at radius 1 is 1.55 bits per heavy atom. The predicted octanol–water partition coefficient (Wildman–Crippen LogP) is 2.11. The quantitative estimate of drug-likeness (QED) is 0.880. The van der Waals surface area contributed by atoms with Gasteiger partial charge in [0.25, 0.3) is 5.51 Å². The molecule has 1 aliphatic heterocycles. The van der Waals surface area contributed by atoms with E-state index >= 15 is 0 Å². The van der Waals surface area contributed by atoms with Crippen molar-refractivity contribution < 1.29 is 19.3 Å². The van der Waals surface area contributed by atoms with Crippen LogP contribution in [0.3, 0.4) is 0 Å². The number of aromatic nitrogens is 2. The van der Waals surface area contributed by atoms with Gasteiger partial charge < -0.3 is 9.84 Å². The summed E-state index contributed by atoms with van der Waals surface area (Å²) in [6.45, 7) is 5.83. The number of carbonyl (C=O) groups is 1. The number of fused-ring (bicyclic) bond motifs is 1. The molecular weight excluding hydrogens is 300 g/mol. The summed E-state index contributed by atoms with van der Waals surface area (Å²) in [5, 5.41) is 14.0. The largest absolute Gasteiger partial charge is 0.508 e. The standard InChI is InChI=1S/C16H18N2O3S/c1-10-6-13(19)11(2)12-4-5-16(3,21-15(10)12)14(20)7-18-9-22-8-17-18/h6,8-9H,4-5,7H2,1-3H3/p+1. The average molecular weight is 319 g/mol. The van der Waals surface area contributed by atoms with Gasteiger partial charge in [-0.2, -0.15) is 0 Å². The lowest BCUT2D eigenvalue weighted by atomic mass is 9.86. The van der Waals surface area contributed by atoms with Gasteiger partial charge in [0, 0.05) is 10.7 Å². The molecule has 0 amide bonds. The second-order valence-corrected chi connectivity index (χ2v) is 6.66. The molecule has 0 fully saturated rings. The number of aryl methyl sites for hydroxylation is 1. The van der Waals surface area contributed by atoms with Gasteiger partial charge in [0.2, 0.25) is 12.3 Å². The molecule has 1 aliphatic rings. The second kappa shape index (κ2) is 5.35. The summed E-state index contributed by atoms with van der Waals surface area (Å²) in [4.78, 5) is 12.6. The van der Waals surface area contributed by atoms with Crippen LogP contribution >= 0.6 is 11.3 Å². The highest BCUT2D eigenvalue weighted by Crippen LogP contribution is 2.41. The monoisotopic (exact) mass is 319 g/mol. The molecule has 1 atom stereocenters. The lowest BCUT2D eigenvalue weighted by Crippen LogP contribution is -2.52. The third-order valence-corrected chi connectivity index (χ3v) is 4.92. The highest BCUT2D eigenvalue weighted by atomic mass is 32.1. The van der Waals surface area contributed by atoms with Crippen molar-refractivity contribution in [1.29, 1.82) is 0 Å². The summed E-state index contributed by atoms with van der Waals surface area (Å²) in [7, 11) is 0. The van der Waals surface area contributed by atoms with E-state index in [0.717, 1.165) is 28.9 Å². The van der Waals surface area contributed by atoms with Crippen LogP contribution < -0.4 is 9.42 Å². The number of aromatic hydroxyl groups is 1. The van der Waals surface area contributed by atoms with E-state index < -0.39 is 5.60 Å². The van der Waals surface area contributed by atoms with Gasteiger partial charge in [0.1, 0.15) is 11.5 Å². The first-order chi connectivity index (χ1) is 10.4. The summed E-state index contributed by atoms with van der Waals surface area (Å²) >= 11 is 1.45. The number of rotatable bonds is 3. The molecule has 0 saturated heterocycles. The number of phenolic OH excluding ortho intramolecular Hbond substituents is 1. The fourth-order valence-corrected chi connectivity index (χ4v) is 3.33. The Morgan fingerprint density at radius 2 is 2.32 bits per heavy atom. The number of hydrogen-bond acceptors (Lipinski definition) is 5. The minimum atomic E-state index is -0.849. The summed E-state index contributed by atoms with van der Waals surface area (Å²) in [6, 6.07) is 1.69. The Hall–Kier alpha value is -1.95. The highest BCUT2D eigenvalue weighted by Gasteiger charge is 2.42. The van der Waals surface area contributed by atoms with Crippen molar-refractivity contribution in [1.82, 2.24) is 5.10 Å². The molecule has 0 aliphatic carbocycles. The lowest BCUT2D eigenvalue weighted by molar-refractivity contribution is -0.737. The molecule has 1 aromatic carbocycles. The zero-order valence-electron chi connectivity index (χ0n) is 12.9. The Balaban J connectivity index is 1.89. The van der Waals surface area contributed by atoms with Crippen LogP contribution in [0.15, 0.2) is 17.1 Å². The van der Waals surface area contributed by atoms with Crippen LogP contribution in [0.2, 0.25) is 0 Å². The van der Waals surface area contributed by atoms with Crippen LogP contribution in [0.5, 0.6) is 11.5 Å². The van der Waals surface area contributed by atoms with Gasteiger partial charge in [-0.25, -0.2) is 0 Å². The van der Waals surface area contributed by atoms with Gasteiger partial charge in [-0.1, -0.05) is 16.0 Å². The summed E-state index contributed by atoms with van der Waals surface area (Å²) in [6.07, 6.45) is 1.33. The second-order valence-electron chi connectivity index (χ2n) is 5.96. The third kappa shape index (κ3) is 2.47. The fourth-order valence-electron chi connectivity index (χ4n) is 2.83. The van der Waals surface area contributed by atoms with Gasteiger partial charge in [0.15, 0.2) is 11.1 Å². The average Bonchev–Trinajstić information content (AvgIpc) is 2.98. The van der Waals surface area contributed by atoms with Crippen molar-refractivity contribution in [3.05, 3.63) is 33.8 Å². The van der Waals surface area contributed by atoms with E-state index in [2.05, 4.69) is 5.10 Å². The van der Waals surface area contributed by atoms with Gasteiger partial charge in [-0.15, -0.1) is 0 Å². The van der Waals surface area contributed by atoms with Crippen LogP contribution in [0, 0.1) is 13.8 Å². The van der Waals surface area contributed by atoms with Gasteiger partial charge in [-0.05, 0) is 50.8 Å². The van der Waals surface area contributed by atoms with Gasteiger partial charge >= 0.3 is 0 Å². The van der Waals surface area contributed by atoms with E-state index in [1.54, 1.807) is 16.3 Å². The van der Waals surface area contributed by atoms with Gasteiger partial charge in [0.05, 0.1) is 0 Å². The number of Topliss-reactive ketones (excluding diaryl/α,β-unsaturated/α-hetero) is 1. The van der Waals surface area contributed by atoms with E-state index in [-0.39, 0.29) is 18.1 Å². The van der Waals surface area contributed by atoms with Crippen LogP contribution in [-0.2, 0) is 17.8 Å². The minimum absolute atomic E-state index is 0.0131. The molecule has 0 bridgehead atoms. The van der Waals surface area contributed by atoms with Crippen molar-refractivity contribution in [2.75, 3.05) is 0 Å². The highest BCUT2D eigenvalue weighted by molar-refractivity contribution is 7.06. The van der Waals surface area contributed by atoms with Gasteiger partial charge in [-0.3, -0.25) is 4.79 Å². The van der Waals surface area contributed by atoms with E-state index in [0.29, 0.717) is 6.42 Å². The molecule has 6 heteroatoms. The molecule has 0 radical (unpaired) electrons. The van der Waals surface area contributed by atoms with Crippen LogP contribution in [0.4, 0.5) is 0 Å². The van der Waals surface area contributed by atoms with Crippen molar-refractivity contribution in [3.8, 4) is 11.5 Å². The first-order valence-electron chi connectivity index (χ1n) is 7.23. The number of benzene rings is 1. The van der Waals surface area contributed by atoms with Crippen molar-refractivity contribution in [3.63, 3.8) is 0 Å². The molecule has 5 nitrogen and oxygen atoms in total. The predicted molar refractivity (Wildman–Crippen MR) is 82.3 cm³/mol. The maximum absolute atomic E-state index is 12.6. The Morgan fingerprint density at radius 3 is 3.00 bits per heavy atom. The van der Waals surface area contributed by atoms with E-state index in [1.165, 1.54) is 11.3 Å². The molecule has 3 rings (SSSR count). The zero-order chi connectivity index (χ0) is 15.9. The Bertz CT molecular complexity index is 727. The molecule has 22 heavy (non-hydrogen) atoms. The minimum Gasteiger partial charge on any atom is -0.508 e. The van der Waals surface area contributed by atoms with Crippen LogP contribution in [0.1, 0.15) is 30.0 Å². The summed E-state index contributed by atoms with van der Waals surface area (Å²) in [5.41, 5.74) is 5.36. The molecule has 0 saturated carbocycles. The van der Waals surface area contributed by atoms with E-state index in [1.807, 2.05) is 26.3 Å². The van der Waals surface area contributed by atoms with Crippen molar-refractivity contribution >= 4 is 17.1 Å². The zero-order valence-corrected chi connectivity index (χ0v) is 13.7. The number of nitrogens with zero attached hydrogens (tertiary/aromatic N) is 2. The van der Waals surface area contributed by atoms with Crippen molar-refractivity contribution in [2.45, 2.75) is 45.8 Å². The molecular formula is C16H19N2O3S+. The lowest BCUT2D eigenvalue weighted by Gasteiger charge is -2.35. The summed E-state index contributed by atoms with van der Waals surface area (Å²) in [5.74, 6) is 1.03. The fraction of sp³-hybridized carbons (Fsp3) is 0.438. The SMILES string of the molecule is Cc1cc(O)c(C)c2c1OC(C)(C(=O)C[n+]1cscn1)CC2. The first kappa shape index (κ1) is 15.0. The van der Waals surface area contributed by atoms with E-state index in [4.69, 9.17) is 4.74 Å². The summed E-state index contributed by atoms with van der Waals surface area (Å²) < 4.78 is 7.73. The topological polar surface area (TPSA) is 63.3 Å². The molecule has 2 heterocycles. The number of phenols is 1. The molecule has 0 spiro atoms. The number of hydrogen-bond donors (Lipinski definition) is 1. The Kier molecular flexibility index (Phi) is 3.64. The molecule has 1 N–H and O–H groups in total. The smallest absolute Gasteiger partial charge is 0.253 e. The number of ether oxygens (including phenoxy) is 1. The first-order valence-corrected chi connectivity index (χ1v) is 8.17. The van der Waals surface area contributed by atoms with Crippen LogP contribution in [-0.4, -0.2) is 21.6 Å². The molecule has 1 aromatic heterocycles. The van der Waals surface area contributed by atoms with Crippen LogP contribution in [0.25, 0.3) is 0 Å².